The number of hydrogen-bond donors (Lipinski definition) is 2. The summed E-state index contributed by atoms with van der Waals surface area (Å²) in [7, 11) is 0. The minimum Gasteiger partial charge on any atom is -0.382 e. The summed E-state index contributed by atoms with van der Waals surface area (Å²) < 4.78 is 41.3. The molecule has 3 aliphatic rings. The van der Waals surface area contributed by atoms with Crippen molar-refractivity contribution < 1.29 is 13.2 Å². The first kappa shape index (κ1) is 23.8. The number of hydrogen-bond acceptors (Lipinski definition) is 5. The fourth-order valence-electron chi connectivity index (χ4n) is 5.38. The molecule has 2 aromatic carbocycles. The summed E-state index contributed by atoms with van der Waals surface area (Å²) in [5.41, 5.74) is 9.12. The quantitative estimate of drug-likeness (QED) is 0.488. The Bertz CT molecular complexity index is 1010. The van der Waals surface area contributed by atoms with E-state index in [9.17, 15) is 13.2 Å². The molecule has 1 saturated carbocycles. The van der Waals surface area contributed by atoms with Gasteiger partial charge in [-0.15, -0.1) is 0 Å². The molecule has 2 heterocycles. The van der Waals surface area contributed by atoms with Crippen molar-refractivity contribution in [1.82, 2.24) is 4.90 Å². The van der Waals surface area contributed by atoms with Gasteiger partial charge < -0.3 is 16.0 Å². The maximum Gasteiger partial charge on any atom is 0.416 e. The highest BCUT2D eigenvalue weighted by Gasteiger charge is 2.34. The summed E-state index contributed by atoms with van der Waals surface area (Å²) in [6.45, 7) is 5.43. The van der Waals surface area contributed by atoms with Crippen molar-refractivity contribution in [2.24, 2.45) is 5.73 Å². The number of piperazine rings is 1. The van der Waals surface area contributed by atoms with Crippen molar-refractivity contribution in [3.05, 3.63) is 47.0 Å². The third-order valence-corrected chi connectivity index (χ3v) is 8.51. The van der Waals surface area contributed by atoms with Crippen LogP contribution in [0.2, 0.25) is 0 Å². The number of benzene rings is 2. The van der Waals surface area contributed by atoms with E-state index in [0.717, 1.165) is 79.4 Å². The summed E-state index contributed by atoms with van der Waals surface area (Å²) in [5.74, 6) is 0. The number of rotatable bonds is 5. The van der Waals surface area contributed by atoms with Gasteiger partial charge in [0.05, 0.1) is 5.56 Å². The second-order valence-electron chi connectivity index (χ2n) is 9.67. The Kier molecular flexibility index (Phi) is 7.00. The van der Waals surface area contributed by atoms with E-state index in [1.807, 2.05) is 0 Å². The average Bonchev–Trinajstić information content (AvgIpc) is 2.83. The van der Waals surface area contributed by atoms with Crippen LogP contribution in [0.4, 0.5) is 24.5 Å². The molecule has 0 unspecified atom stereocenters. The van der Waals surface area contributed by atoms with Crippen LogP contribution in [0.25, 0.3) is 0 Å². The standard InChI is InChI=1S/C26H33F3N4S/c27-26(28,29)19-15-23(31-20-4-2-1-3-5-20)22-14-18-6-7-21(17-24(18)34-25(22)16-19)33-12-10-32(9-8-30)11-13-33/h6-7,15-17,20,31H,1-5,8-14,30H2. The zero-order chi connectivity index (χ0) is 23.7. The molecular weight excluding hydrogens is 457 g/mol. The predicted octanol–water partition coefficient (Wildman–Crippen LogP) is 5.59. The minimum atomic E-state index is -4.36. The molecule has 2 aliphatic heterocycles. The highest BCUT2D eigenvalue weighted by molar-refractivity contribution is 7.99. The molecule has 0 spiro atoms. The van der Waals surface area contributed by atoms with Gasteiger partial charge in [0.2, 0.25) is 0 Å². The Morgan fingerprint density at radius 1 is 0.971 bits per heavy atom. The summed E-state index contributed by atoms with van der Waals surface area (Å²) in [5, 5.41) is 3.49. The lowest BCUT2D eigenvalue weighted by atomic mass is 9.94. The van der Waals surface area contributed by atoms with Crippen LogP contribution in [0, 0.1) is 0 Å². The van der Waals surface area contributed by atoms with E-state index < -0.39 is 11.7 Å². The zero-order valence-corrected chi connectivity index (χ0v) is 20.3. The van der Waals surface area contributed by atoms with Gasteiger partial charge in [0.1, 0.15) is 0 Å². The third-order valence-electron chi connectivity index (χ3n) is 7.32. The molecule has 8 heteroatoms. The lowest BCUT2D eigenvalue weighted by Crippen LogP contribution is -2.47. The van der Waals surface area contributed by atoms with E-state index in [2.05, 4.69) is 33.3 Å². The van der Waals surface area contributed by atoms with Gasteiger partial charge in [-0.25, -0.2) is 0 Å². The summed E-state index contributed by atoms with van der Waals surface area (Å²) >= 11 is 1.48. The van der Waals surface area contributed by atoms with Gasteiger partial charge in [-0.2, -0.15) is 13.2 Å². The Hall–Kier alpha value is -1.90. The molecule has 2 fully saturated rings. The summed E-state index contributed by atoms with van der Waals surface area (Å²) in [6, 6.07) is 9.42. The number of nitrogens with two attached hydrogens (primary N) is 1. The van der Waals surface area contributed by atoms with Crippen LogP contribution in [-0.2, 0) is 12.6 Å². The fraction of sp³-hybridized carbons (Fsp3) is 0.538. The topological polar surface area (TPSA) is 44.5 Å². The molecule has 4 nitrogen and oxygen atoms in total. The maximum absolute atomic E-state index is 13.8. The lowest BCUT2D eigenvalue weighted by molar-refractivity contribution is -0.137. The molecule has 184 valence electrons. The van der Waals surface area contributed by atoms with Crippen molar-refractivity contribution in [2.45, 2.75) is 60.5 Å². The summed E-state index contributed by atoms with van der Waals surface area (Å²) in [6.07, 6.45) is 1.85. The SMILES string of the molecule is NCCN1CCN(c2ccc3c(c2)Sc2cc(C(F)(F)F)cc(NC4CCCCC4)c2C3)CC1. The molecule has 0 atom stereocenters. The van der Waals surface area contributed by atoms with Gasteiger partial charge in [0, 0.05) is 72.9 Å². The highest BCUT2D eigenvalue weighted by Crippen LogP contribution is 2.46. The molecule has 0 radical (unpaired) electrons. The molecule has 2 aromatic rings. The Labute approximate surface area is 204 Å². The van der Waals surface area contributed by atoms with Crippen LogP contribution in [0.3, 0.4) is 0 Å². The predicted molar refractivity (Wildman–Crippen MR) is 133 cm³/mol. The van der Waals surface area contributed by atoms with Crippen LogP contribution < -0.4 is 16.0 Å². The second-order valence-corrected chi connectivity index (χ2v) is 10.7. The molecule has 0 bridgehead atoms. The normalized spacial score (nSPS) is 19.6. The van der Waals surface area contributed by atoms with Gasteiger partial charge in [-0.3, -0.25) is 4.90 Å². The Balaban J connectivity index is 1.40. The van der Waals surface area contributed by atoms with E-state index in [4.69, 9.17) is 5.73 Å². The van der Waals surface area contributed by atoms with Crippen molar-refractivity contribution in [3.63, 3.8) is 0 Å². The molecule has 0 amide bonds. The second kappa shape index (κ2) is 9.99. The first-order chi connectivity index (χ1) is 16.4. The number of nitrogens with one attached hydrogen (secondary N) is 1. The van der Waals surface area contributed by atoms with Crippen molar-refractivity contribution in [2.75, 3.05) is 49.5 Å². The molecule has 1 saturated heterocycles. The number of alkyl halides is 3. The molecular formula is C26H33F3N4S. The Morgan fingerprint density at radius 3 is 2.44 bits per heavy atom. The highest BCUT2D eigenvalue weighted by atomic mass is 32.2. The number of anilines is 2. The largest absolute Gasteiger partial charge is 0.416 e. The van der Waals surface area contributed by atoms with E-state index in [0.29, 0.717) is 18.7 Å². The lowest BCUT2D eigenvalue weighted by Gasteiger charge is -2.36. The van der Waals surface area contributed by atoms with Gasteiger partial charge in [0.25, 0.3) is 0 Å². The van der Waals surface area contributed by atoms with E-state index in [1.54, 1.807) is 0 Å². The molecule has 3 N–H and O–H groups in total. The fourth-order valence-corrected chi connectivity index (χ4v) is 6.56. The number of halogens is 3. The van der Waals surface area contributed by atoms with Crippen LogP contribution >= 0.6 is 11.8 Å². The first-order valence-electron chi connectivity index (χ1n) is 12.4. The van der Waals surface area contributed by atoms with Crippen molar-refractivity contribution >= 4 is 23.1 Å². The Morgan fingerprint density at radius 2 is 1.74 bits per heavy atom. The smallest absolute Gasteiger partial charge is 0.382 e. The molecule has 0 aromatic heterocycles. The van der Waals surface area contributed by atoms with E-state index in [-0.39, 0.29) is 6.04 Å². The monoisotopic (exact) mass is 490 g/mol. The molecule has 5 rings (SSSR count). The minimum absolute atomic E-state index is 0.257. The van der Waals surface area contributed by atoms with E-state index in [1.165, 1.54) is 35.9 Å². The van der Waals surface area contributed by atoms with Crippen LogP contribution in [-0.4, -0.2) is 50.2 Å². The van der Waals surface area contributed by atoms with Crippen molar-refractivity contribution in [3.8, 4) is 0 Å². The zero-order valence-electron chi connectivity index (χ0n) is 19.5. The maximum atomic E-state index is 13.8. The molecule has 34 heavy (non-hydrogen) atoms. The third kappa shape index (κ3) is 5.19. The van der Waals surface area contributed by atoms with Crippen LogP contribution in [0.5, 0.6) is 0 Å². The molecule has 1 aliphatic carbocycles. The van der Waals surface area contributed by atoms with Crippen molar-refractivity contribution in [1.29, 1.82) is 0 Å². The first-order valence-corrected chi connectivity index (χ1v) is 13.2. The van der Waals surface area contributed by atoms with Gasteiger partial charge >= 0.3 is 6.18 Å². The number of nitrogens with zero attached hydrogens (tertiary/aromatic N) is 2. The van der Waals surface area contributed by atoms with E-state index >= 15 is 0 Å². The average molecular weight is 491 g/mol. The van der Waals surface area contributed by atoms with Crippen LogP contribution in [0.15, 0.2) is 40.1 Å². The number of fused-ring (bicyclic) bond motifs is 2. The van der Waals surface area contributed by atoms with Gasteiger partial charge in [-0.05, 0) is 48.2 Å². The van der Waals surface area contributed by atoms with Crippen LogP contribution in [0.1, 0.15) is 48.8 Å². The summed E-state index contributed by atoms with van der Waals surface area (Å²) in [4.78, 5) is 6.54. The van der Waals surface area contributed by atoms with Gasteiger partial charge in [0.15, 0.2) is 0 Å². The van der Waals surface area contributed by atoms with Gasteiger partial charge in [-0.1, -0.05) is 37.1 Å².